The van der Waals surface area contributed by atoms with Crippen LogP contribution < -0.4 is 9.84 Å². The molecule has 0 aromatic heterocycles. The number of hydrogen-bond acceptors (Lipinski definition) is 3. The van der Waals surface area contributed by atoms with Gasteiger partial charge in [-0.25, -0.2) is 8.42 Å². The molecule has 1 saturated carbocycles. The van der Waals surface area contributed by atoms with Crippen molar-refractivity contribution in [2.75, 3.05) is 5.01 Å². The summed E-state index contributed by atoms with van der Waals surface area (Å²) >= 11 is 7.53. The number of aryl methyl sites for hydroxylation is 2. The highest BCUT2D eigenvalue weighted by atomic mass is 79.9. The Morgan fingerprint density at radius 3 is 2.46 bits per heavy atom. The second kappa shape index (κ2) is 7.42. The molecule has 0 saturated heterocycles. The molecule has 4 nitrogen and oxygen atoms in total. The van der Waals surface area contributed by atoms with Crippen LogP contribution in [0.3, 0.4) is 0 Å². The molecule has 1 aliphatic carbocycles. The van der Waals surface area contributed by atoms with Crippen molar-refractivity contribution in [3.05, 3.63) is 57.1 Å². The van der Waals surface area contributed by atoms with E-state index in [4.69, 9.17) is 0 Å². The van der Waals surface area contributed by atoms with Crippen LogP contribution in [0.25, 0.3) is 0 Å². The number of nitrogens with one attached hydrogen (secondary N) is 1. The molecule has 0 amide bonds. The van der Waals surface area contributed by atoms with Crippen LogP contribution in [0.2, 0.25) is 0 Å². The van der Waals surface area contributed by atoms with Crippen LogP contribution in [0.4, 0.5) is 5.69 Å². The molecule has 150 valence electrons. The normalized spacial score (nSPS) is 24.2. The first-order valence-electron chi connectivity index (χ1n) is 9.52. The molecule has 0 bridgehead atoms. The molecule has 1 N–H and O–H groups in total. The van der Waals surface area contributed by atoms with Gasteiger partial charge in [0.2, 0.25) is 0 Å². The molecule has 28 heavy (non-hydrogen) atoms. The third-order valence-corrected chi connectivity index (χ3v) is 9.12. The zero-order valence-corrected chi connectivity index (χ0v) is 20.2. The second-order valence-electron chi connectivity index (χ2n) is 7.88. The number of anilines is 1. The van der Waals surface area contributed by atoms with E-state index in [-0.39, 0.29) is 15.8 Å². The monoisotopic (exact) mass is 526 g/mol. The van der Waals surface area contributed by atoms with Gasteiger partial charge in [0, 0.05) is 15.2 Å². The van der Waals surface area contributed by atoms with E-state index in [1.807, 2.05) is 24.1 Å². The number of benzene rings is 2. The Labute approximate surface area is 184 Å². The van der Waals surface area contributed by atoms with Crippen molar-refractivity contribution >= 4 is 47.6 Å². The molecule has 3 unspecified atom stereocenters. The number of fused-ring (bicyclic) bond motifs is 3. The van der Waals surface area contributed by atoms with Gasteiger partial charge in [0.25, 0.3) is 10.0 Å². The Balaban J connectivity index is 1.82. The fraction of sp³-hybridized carbons (Fsp3) is 0.429. The lowest BCUT2D eigenvalue weighted by atomic mass is 9.81. The Bertz CT molecular complexity index is 1020. The molecule has 4 rings (SSSR count). The lowest BCUT2D eigenvalue weighted by Crippen LogP contribution is -2.52. The van der Waals surface area contributed by atoms with Crippen molar-refractivity contribution in [1.29, 1.82) is 0 Å². The largest absolute Gasteiger partial charge is 0.289 e. The minimum absolute atomic E-state index is 0.0654. The Kier molecular flexibility index (Phi) is 5.40. The van der Waals surface area contributed by atoms with Gasteiger partial charge in [-0.1, -0.05) is 56.0 Å². The molecule has 0 spiro atoms. The maximum absolute atomic E-state index is 13.2. The standard InChI is InChI=1S/C21H24Br2N2O2S/c1-12-7-9-15(10-8-12)28(26,27)24-25-20-13(2)11-18(23)14(3)19(20)16-5-4-6-17(22)21(16)25/h7-11,16-17,21,24H,4-6H2,1-3H3. The summed E-state index contributed by atoms with van der Waals surface area (Å²) in [6, 6.07) is 9.14. The summed E-state index contributed by atoms with van der Waals surface area (Å²) in [5.74, 6) is 0.310. The lowest BCUT2D eigenvalue weighted by Gasteiger charge is -2.37. The quantitative estimate of drug-likeness (QED) is 0.537. The van der Waals surface area contributed by atoms with Crippen LogP contribution >= 0.6 is 31.9 Å². The number of halogens is 2. The van der Waals surface area contributed by atoms with Crippen LogP contribution in [-0.2, 0) is 10.0 Å². The van der Waals surface area contributed by atoms with E-state index in [0.717, 1.165) is 40.5 Å². The van der Waals surface area contributed by atoms with Crippen LogP contribution in [0.5, 0.6) is 0 Å². The van der Waals surface area contributed by atoms with Crippen molar-refractivity contribution in [3.63, 3.8) is 0 Å². The second-order valence-corrected chi connectivity index (χ2v) is 11.6. The number of rotatable bonds is 3. The average Bonchev–Trinajstić information content (AvgIpc) is 2.96. The van der Waals surface area contributed by atoms with Crippen LogP contribution in [-0.4, -0.2) is 19.3 Å². The summed E-state index contributed by atoms with van der Waals surface area (Å²) in [7, 11) is -3.67. The first-order valence-corrected chi connectivity index (χ1v) is 12.7. The van der Waals surface area contributed by atoms with Gasteiger partial charge in [0.15, 0.2) is 0 Å². The summed E-state index contributed by atoms with van der Waals surface area (Å²) < 4.78 is 27.4. The minimum Gasteiger partial charge on any atom is -0.289 e. The fourth-order valence-electron chi connectivity index (χ4n) is 4.60. The van der Waals surface area contributed by atoms with Crippen molar-refractivity contribution in [2.45, 2.75) is 61.7 Å². The number of nitrogens with zero attached hydrogens (tertiary/aromatic N) is 1. The van der Waals surface area contributed by atoms with Gasteiger partial charge in [-0.05, 0) is 68.5 Å². The molecule has 2 aliphatic rings. The van der Waals surface area contributed by atoms with E-state index >= 15 is 0 Å². The predicted molar refractivity (Wildman–Crippen MR) is 121 cm³/mol. The van der Waals surface area contributed by atoms with Gasteiger partial charge in [-0.15, -0.1) is 4.83 Å². The molecule has 0 radical (unpaired) electrons. The topological polar surface area (TPSA) is 49.4 Å². The molecule has 1 heterocycles. The molecule has 2 aromatic rings. The fourth-order valence-corrected chi connectivity index (χ4v) is 7.15. The zero-order valence-electron chi connectivity index (χ0n) is 16.2. The SMILES string of the molecule is Cc1ccc(S(=O)(=O)NN2c3c(C)cc(Br)c(C)c3C3CCCC(Br)C32)cc1. The van der Waals surface area contributed by atoms with Crippen molar-refractivity contribution in [1.82, 2.24) is 4.83 Å². The molecule has 1 aliphatic heterocycles. The average molecular weight is 528 g/mol. The third-order valence-electron chi connectivity index (χ3n) is 5.97. The summed E-state index contributed by atoms with van der Waals surface area (Å²) in [6.07, 6.45) is 3.25. The van der Waals surface area contributed by atoms with Crippen molar-refractivity contribution in [2.24, 2.45) is 0 Å². The highest BCUT2D eigenvalue weighted by Crippen LogP contribution is 2.52. The van der Waals surface area contributed by atoms with E-state index in [9.17, 15) is 8.42 Å². The van der Waals surface area contributed by atoms with Gasteiger partial charge >= 0.3 is 0 Å². The number of hydrazine groups is 1. The van der Waals surface area contributed by atoms with Crippen LogP contribution in [0.15, 0.2) is 39.7 Å². The first-order chi connectivity index (χ1) is 13.2. The molecular formula is C21H24Br2N2O2S. The van der Waals surface area contributed by atoms with E-state index in [1.54, 1.807) is 12.1 Å². The number of alkyl halides is 1. The maximum atomic E-state index is 13.2. The van der Waals surface area contributed by atoms with E-state index in [0.29, 0.717) is 5.92 Å². The molecule has 1 fully saturated rings. The van der Waals surface area contributed by atoms with Crippen LogP contribution in [0.1, 0.15) is 47.4 Å². The summed E-state index contributed by atoms with van der Waals surface area (Å²) in [5.41, 5.74) is 5.60. The minimum atomic E-state index is -3.67. The first kappa shape index (κ1) is 20.4. The van der Waals surface area contributed by atoms with Gasteiger partial charge in [0.05, 0.1) is 16.6 Å². The number of hydrogen-bond donors (Lipinski definition) is 1. The van der Waals surface area contributed by atoms with Gasteiger partial charge in [-0.3, -0.25) is 5.01 Å². The smallest absolute Gasteiger partial charge is 0.257 e. The van der Waals surface area contributed by atoms with E-state index < -0.39 is 10.0 Å². The highest BCUT2D eigenvalue weighted by molar-refractivity contribution is 9.10. The number of sulfonamides is 1. The lowest BCUT2D eigenvalue weighted by molar-refractivity contribution is 0.393. The van der Waals surface area contributed by atoms with Crippen LogP contribution in [0, 0.1) is 20.8 Å². The van der Waals surface area contributed by atoms with E-state index in [2.05, 4.69) is 56.6 Å². The molecule has 7 heteroatoms. The summed E-state index contributed by atoms with van der Waals surface area (Å²) in [6.45, 7) is 6.12. The van der Waals surface area contributed by atoms with Gasteiger partial charge in [0.1, 0.15) is 0 Å². The summed E-state index contributed by atoms with van der Waals surface area (Å²) in [5, 5.41) is 1.92. The Morgan fingerprint density at radius 2 is 1.79 bits per heavy atom. The Hall–Kier alpha value is -0.890. The molecule has 2 aromatic carbocycles. The Morgan fingerprint density at radius 1 is 1.11 bits per heavy atom. The third kappa shape index (κ3) is 3.34. The van der Waals surface area contributed by atoms with Gasteiger partial charge in [-0.2, -0.15) is 0 Å². The zero-order chi connectivity index (χ0) is 20.2. The predicted octanol–water partition coefficient (Wildman–Crippen LogP) is 5.49. The molecular weight excluding hydrogens is 504 g/mol. The molecule has 3 atom stereocenters. The highest BCUT2D eigenvalue weighted by Gasteiger charge is 2.47. The van der Waals surface area contributed by atoms with Crippen molar-refractivity contribution < 1.29 is 8.42 Å². The van der Waals surface area contributed by atoms with E-state index in [1.165, 1.54) is 11.1 Å². The maximum Gasteiger partial charge on any atom is 0.257 e. The van der Waals surface area contributed by atoms with Crippen molar-refractivity contribution in [3.8, 4) is 0 Å². The summed E-state index contributed by atoms with van der Waals surface area (Å²) in [4.78, 5) is 3.45. The van der Waals surface area contributed by atoms with Gasteiger partial charge < -0.3 is 0 Å².